The molecule has 0 N–H and O–H groups in total. The molecule has 0 saturated heterocycles. The molecule has 0 unspecified atom stereocenters. The van der Waals surface area contributed by atoms with Gasteiger partial charge in [-0.15, -0.1) is 0 Å². The second-order valence-corrected chi connectivity index (χ2v) is 20.9. The zero-order valence-electron chi connectivity index (χ0n) is 42.9. The third-order valence-electron chi connectivity index (χ3n) is 14.6. The van der Waals surface area contributed by atoms with Gasteiger partial charge in [0.2, 0.25) is 0 Å². The summed E-state index contributed by atoms with van der Waals surface area (Å²) < 4.78 is 41.0. The van der Waals surface area contributed by atoms with E-state index in [2.05, 4.69) is 192 Å². The molecular weight excluding hydrogens is 1050 g/mol. The summed E-state index contributed by atoms with van der Waals surface area (Å²) in [7, 11) is 0. The van der Waals surface area contributed by atoms with E-state index in [1.54, 1.807) is 12.3 Å². The van der Waals surface area contributed by atoms with Gasteiger partial charge in [0.15, 0.2) is 0 Å². The molecule has 11 aromatic rings. The molecule has 0 aliphatic carbocycles. The van der Waals surface area contributed by atoms with E-state index in [0.29, 0.717) is 22.9 Å². The second-order valence-electron chi connectivity index (χ2n) is 19.9. The number of pyridine rings is 1. The van der Waals surface area contributed by atoms with Crippen LogP contribution in [0.1, 0.15) is 53.6 Å². The molecule has 6 nitrogen and oxygen atoms in total. The summed E-state index contributed by atoms with van der Waals surface area (Å²) >= 11 is 2.55. The smallest absolute Gasteiger partial charge is 0.0579 e. The summed E-state index contributed by atoms with van der Waals surface area (Å²) in [5.74, 6) is 1.86. The average Bonchev–Trinajstić information content (AvgIpc) is 4.08. The van der Waals surface area contributed by atoms with Crippen molar-refractivity contribution in [2.24, 2.45) is 0 Å². The van der Waals surface area contributed by atoms with E-state index in [4.69, 9.17) is 13.8 Å². The Hall–Kier alpha value is -7.53. The third-order valence-corrected chi connectivity index (χ3v) is 15.7. The van der Waals surface area contributed by atoms with E-state index in [9.17, 15) is 0 Å². The van der Waals surface area contributed by atoms with Crippen molar-refractivity contribution in [1.29, 1.82) is 0 Å². The molecule has 350 valence electrons. The quantitative estimate of drug-likeness (QED) is 0.152. The van der Waals surface area contributed by atoms with Gasteiger partial charge in [-0.1, -0.05) is 57.2 Å². The van der Waals surface area contributed by atoms with Crippen LogP contribution in [0, 0.1) is 10.7 Å². The van der Waals surface area contributed by atoms with Crippen molar-refractivity contribution in [3.05, 3.63) is 214 Å². The van der Waals surface area contributed by atoms with Crippen molar-refractivity contribution in [1.82, 2.24) is 18.7 Å². The van der Waals surface area contributed by atoms with E-state index in [-0.39, 0.29) is 11.0 Å². The molecule has 8 aromatic carbocycles. The van der Waals surface area contributed by atoms with Crippen LogP contribution >= 0.6 is 0 Å². The Balaban J connectivity index is 0.939. The number of hydrogen-bond acceptors (Lipinski definition) is 3. The van der Waals surface area contributed by atoms with E-state index < -0.39 is 6.85 Å². The number of benzene rings is 8. The molecule has 7 heteroatoms. The fraction of sp³-hybridized carbons (Fsp3) is 0.156. The maximum absolute atomic E-state index is 8.71. The summed E-state index contributed by atoms with van der Waals surface area (Å²) in [6.07, 6.45) is 4.89. The molecule has 5 heterocycles. The van der Waals surface area contributed by atoms with Crippen LogP contribution in [-0.2, 0) is 37.6 Å². The number of aryl methyl sites for hydroxylation is 1. The molecule has 0 atom stereocenters. The van der Waals surface area contributed by atoms with Gasteiger partial charge in [0.05, 0.1) is 0 Å². The average molecular weight is 1110 g/mol. The molecule has 0 spiro atoms. The maximum atomic E-state index is 8.71. The molecule has 0 radical (unpaired) electrons. The van der Waals surface area contributed by atoms with E-state index in [1.807, 2.05) is 42.5 Å². The van der Waals surface area contributed by atoms with Crippen LogP contribution in [-0.4, -0.2) is 31.8 Å². The van der Waals surface area contributed by atoms with Crippen LogP contribution < -0.4 is 9.64 Å². The summed E-state index contributed by atoms with van der Waals surface area (Å²) in [6.45, 7) is 6.26. The Labute approximate surface area is 429 Å². The van der Waals surface area contributed by atoms with Crippen LogP contribution in [0.3, 0.4) is 0 Å². The van der Waals surface area contributed by atoms with Gasteiger partial charge in [-0.05, 0) is 29.0 Å². The number of imidazole rings is 1. The van der Waals surface area contributed by atoms with Crippen LogP contribution in [0.2, 0.25) is 0 Å². The topological polar surface area (TPSA) is 40.1 Å². The van der Waals surface area contributed by atoms with Gasteiger partial charge in [0.25, 0.3) is 0 Å². The molecule has 0 fully saturated rings. The zero-order chi connectivity index (χ0) is 50.5. The number of rotatable bonds is 8. The molecule has 3 aromatic heterocycles. The number of nitrogens with zero attached hydrogens (tertiary/aromatic N) is 5. The molecule has 0 amide bonds. The summed E-state index contributed by atoms with van der Waals surface area (Å²) in [6, 6.07) is 63.4. The van der Waals surface area contributed by atoms with Crippen LogP contribution in [0.15, 0.2) is 188 Å². The first-order valence-corrected chi connectivity index (χ1v) is 25.7. The van der Waals surface area contributed by atoms with Gasteiger partial charge in [0.1, 0.15) is 0 Å². The number of fused-ring (bicyclic) bond motifs is 4. The van der Waals surface area contributed by atoms with Crippen molar-refractivity contribution < 1.29 is 28.2 Å². The van der Waals surface area contributed by atoms with Gasteiger partial charge in [-0.3, -0.25) is 0 Å². The van der Waals surface area contributed by atoms with Crippen LogP contribution in [0.25, 0.3) is 83.4 Å². The van der Waals surface area contributed by atoms with Crippen molar-refractivity contribution in [2.45, 2.75) is 52.3 Å². The number of ether oxygens (including phenoxy) is 1. The van der Waals surface area contributed by atoms with E-state index in [1.165, 1.54) is 50.3 Å². The van der Waals surface area contributed by atoms with Gasteiger partial charge in [-0.25, -0.2) is 0 Å². The summed E-state index contributed by atoms with van der Waals surface area (Å²) in [5.41, 5.74) is 18.4. The second kappa shape index (κ2) is 17.1. The summed E-state index contributed by atoms with van der Waals surface area (Å²) in [4.78, 5) is 7.64. The van der Waals surface area contributed by atoms with Crippen molar-refractivity contribution in [2.75, 3.05) is 18.0 Å². The molecule has 0 saturated carbocycles. The molecule has 2 aliphatic heterocycles. The van der Waals surface area contributed by atoms with Crippen molar-refractivity contribution in [3.8, 4) is 62.1 Å². The number of anilines is 1. The monoisotopic (exact) mass is 1110 g/mol. The van der Waals surface area contributed by atoms with E-state index >= 15 is 0 Å². The molecule has 71 heavy (non-hydrogen) atoms. The van der Waals surface area contributed by atoms with E-state index in [0.717, 1.165) is 80.2 Å². The number of para-hydroxylation sites is 3. The minimum atomic E-state index is -2.39. The molecule has 0 bridgehead atoms. The first-order chi connectivity index (χ1) is 35.9. The normalized spacial score (nSPS) is 14.2. The first kappa shape index (κ1) is 40.2. The Bertz CT molecular complexity index is 4070. The fourth-order valence-corrected chi connectivity index (χ4v) is 12.5. The standard InChI is InChI=1S/C64H53N5O.Pt/c1-42-37-59(65-40-54(42)43-28-30-46(31-29-43)64(2,3)4)69-55-25-12-11-23-50(55)51-33-32-49(39-58(51)69)70-48-22-15-21-47(38-48)67-41-68(57-27-14-13-26-56(57)67)63-60(44-17-7-5-8-18-44)52-24-16-35-66-36-34-53(62(52)66)61(63)45-19-9-6-10-20-45;/h5-15,17-23,25-33,37-40H,16,24,34-36H2,1-4H3;/i1D3;. The minimum Gasteiger partial charge on any atom is -0.0579 e. The molecule has 13 rings (SSSR count). The van der Waals surface area contributed by atoms with Crippen molar-refractivity contribution >= 4 is 38.5 Å². The predicted octanol–water partition coefficient (Wildman–Crippen LogP) is 15.7. The Morgan fingerprint density at radius 1 is 0.549 bits per heavy atom. The van der Waals surface area contributed by atoms with Crippen LogP contribution in [0.4, 0.5) is 5.69 Å². The van der Waals surface area contributed by atoms with Gasteiger partial charge < -0.3 is 0 Å². The summed E-state index contributed by atoms with van der Waals surface area (Å²) in [5, 5.41) is 2.05. The number of aromatic nitrogens is 4. The zero-order valence-corrected chi connectivity index (χ0v) is 42.2. The predicted molar refractivity (Wildman–Crippen MR) is 288 cm³/mol. The Kier molecular flexibility index (Phi) is 9.69. The Morgan fingerprint density at radius 3 is 1.92 bits per heavy atom. The van der Waals surface area contributed by atoms with Gasteiger partial charge >= 0.3 is 330 Å². The first-order valence-electron chi connectivity index (χ1n) is 26.1. The van der Waals surface area contributed by atoms with Gasteiger partial charge in [-0.2, -0.15) is 0 Å². The van der Waals surface area contributed by atoms with Crippen molar-refractivity contribution in [3.63, 3.8) is 0 Å². The molecule has 2 aliphatic rings. The van der Waals surface area contributed by atoms with Gasteiger partial charge in [0, 0.05) is 15.9 Å². The minimum absolute atomic E-state index is 0.0303. The fourth-order valence-electron chi connectivity index (χ4n) is 11.4. The SMILES string of the molecule is [2H]C([2H])([2H])c1cc(-n2c3ccccc3c3ccc(Oc4cccc(-n5[c](=[Pt])n(-c6c(-c7ccccc7)c7c8c(c6-c6ccccc6)CCN8CCC7)c6ccccc65)c4)cc32)ncc1-c1ccc(C(C)(C)C)cc1. The Morgan fingerprint density at radius 2 is 1.20 bits per heavy atom. The van der Waals surface area contributed by atoms with Crippen LogP contribution in [0.5, 0.6) is 11.5 Å². The number of hydrogen-bond donors (Lipinski definition) is 0. The molecular formula is C64H53N5OPt. The third kappa shape index (κ3) is 7.25.